The van der Waals surface area contributed by atoms with Gasteiger partial charge in [-0.15, -0.1) is 0 Å². The number of aromatic hydroxyl groups is 1. The number of rotatable bonds is 2. The van der Waals surface area contributed by atoms with Gasteiger partial charge in [-0.1, -0.05) is 12.2 Å². The normalized spacial score (nSPS) is 16.5. The average molecular weight is 228 g/mol. The molecule has 0 aliphatic heterocycles. The second-order valence-electron chi connectivity index (χ2n) is 3.52. The third-order valence-corrected chi connectivity index (χ3v) is 2.22. The maximum atomic E-state index is 9.56. The number of hydrogen-bond acceptors (Lipinski definition) is 5. The standard InChI is InChI=1S/C12H12N4O/c13-8-5-6-12(17)11(7-8)16-15-10-4-2-1-3-9(10)14/h1-7,14,16-17H,13H2/b14-9?,15-10-. The van der Waals surface area contributed by atoms with Crippen molar-refractivity contribution in [2.75, 3.05) is 11.2 Å². The van der Waals surface area contributed by atoms with Crippen molar-refractivity contribution in [2.45, 2.75) is 0 Å². The lowest BCUT2D eigenvalue weighted by atomic mass is 10.1. The van der Waals surface area contributed by atoms with Crippen molar-refractivity contribution in [1.82, 2.24) is 0 Å². The molecule has 1 aromatic carbocycles. The Morgan fingerprint density at radius 3 is 2.76 bits per heavy atom. The van der Waals surface area contributed by atoms with Crippen LogP contribution in [-0.4, -0.2) is 16.5 Å². The van der Waals surface area contributed by atoms with E-state index in [2.05, 4.69) is 10.5 Å². The smallest absolute Gasteiger partial charge is 0.140 e. The molecule has 1 aromatic rings. The summed E-state index contributed by atoms with van der Waals surface area (Å²) in [6.45, 7) is 0. The summed E-state index contributed by atoms with van der Waals surface area (Å²) in [5.74, 6) is 0.0606. The van der Waals surface area contributed by atoms with Gasteiger partial charge in [-0.2, -0.15) is 5.10 Å². The van der Waals surface area contributed by atoms with Gasteiger partial charge in [0.1, 0.15) is 11.5 Å². The van der Waals surface area contributed by atoms with Gasteiger partial charge in [0.25, 0.3) is 0 Å². The number of nitrogen functional groups attached to an aromatic ring is 1. The molecular formula is C12H12N4O. The zero-order valence-electron chi connectivity index (χ0n) is 9.01. The van der Waals surface area contributed by atoms with Crippen molar-refractivity contribution in [3.63, 3.8) is 0 Å². The molecule has 0 aromatic heterocycles. The molecule has 0 saturated heterocycles. The molecule has 1 aliphatic carbocycles. The number of nitrogens with one attached hydrogen (secondary N) is 2. The fourth-order valence-corrected chi connectivity index (χ4v) is 1.33. The van der Waals surface area contributed by atoms with Crippen molar-refractivity contribution in [2.24, 2.45) is 5.10 Å². The topological polar surface area (TPSA) is 94.5 Å². The molecule has 0 unspecified atom stereocenters. The third-order valence-electron chi connectivity index (χ3n) is 2.22. The molecule has 5 heteroatoms. The summed E-state index contributed by atoms with van der Waals surface area (Å²) in [5, 5.41) is 21.2. The Kier molecular flexibility index (Phi) is 2.91. The highest BCUT2D eigenvalue weighted by Gasteiger charge is 2.04. The van der Waals surface area contributed by atoms with E-state index in [0.29, 0.717) is 22.8 Å². The first kappa shape index (κ1) is 10.9. The second kappa shape index (κ2) is 4.52. The Morgan fingerprint density at radius 1 is 1.24 bits per heavy atom. The van der Waals surface area contributed by atoms with Gasteiger partial charge >= 0.3 is 0 Å². The lowest BCUT2D eigenvalue weighted by molar-refractivity contribution is 0.477. The lowest BCUT2D eigenvalue weighted by Crippen LogP contribution is -2.11. The van der Waals surface area contributed by atoms with E-state index in [1.807, 2.05) is 0 Å². The fourth-order valence-electron chi connectivity index (χ4n) is 1.33. The largest absolute Gasteiger partial charge is 0.506 e. The number of hydrazone groups is 1. The molecule has 5 N–H and O–H groups in total. The molecule has 0 radical (unpaired) electrons. The second-order valence-corrected chi connectivity index (χ2v) is 3.52. The summed E-state index contributed by atoms with van der Waals surface area (Å²) in [5.41, 5.74) is 10.0. The van der Waals surface area contributed by atoms with Crippen molar-refractivity contribution in [1.29, 1.82) is 5.41 Å². The highest BCUT2D eigenvalue weighted by Crippen LogP contribution is 2.25. The summed E-state index contributed by atoms with van der Waals surface area (Å²) in [4.78, 5) is 0. The minimum Gasteiger partial charge on any atom is -0.506 e. The highest BCUT2D eigenvalue weighted by atomic mass is 16.3. The maximum absolute atomic E-state index is 9.56. The Hall–Kier alpha value is -2.56. The van der Waals surface area contributed by atoms with Crippen molar-refractivity contribution in [3.8, 4) is 5.75 Å². The highest BCUT2D eigenvalue weighted by molar-refractivity contribution is 6.50. The van der Waals surface area contributed by atoms with Gasteiger partial charge < -0.3 is 10.8 Å². The molecule has 0 fully saturated rings. The molecule has 0 amide bonds. The number of benzene rings is 1. The van der Waals surface area contributed by atoms with Crippen molar-refractivity contribution < 1.29 is 5.11 Å². The molecular weight excluding hydrogens is 216 g/mol. The molecule has 1 aliphatic rings. The van der Waals surface area contributed by atoms with Gasteiger partial charge in [-0.25, -0.2) is 0 Å². The predicted molar refractivity (Wildman–Crippen MR) is 69.6 cm³/mol. The number of phenols is 1. The summed E-state index contributed by atoms with van der Waals surface area (Å²) in [6.07, 6.45) is 6.90. The molecule has 0 bridgehead atoms. The number of nitrogens with two attached hydrogens (primary N) is 1. The Bertz CT molecular complexity index is 543. The van der Waals surface area contributed by atoms with E-state index in [-0.39, 0.29) is 5.75 Å². The molecule has 0 heterocycles. The van der Waals surface area contributed by atoms with Crippen LogP contribution in [0.15, 0.2) is 47.6 Å². The van der Waals surface area contributed by atoms with Crippen LogP contribution in [0.5, 0.6) is 5.75 Å². The van der Waals surface area contributed by atoms with Crippen LogP contribution in [0.3, 0.4) is 0 Å². The predicted octanol–water partition coefficient (Wildman–Crippen LogP) is 1.89. The first-order chi connectivity index (χ1) is 8.16. The molecule has 0 spiro atoms. The van der Waals surface area contributed by atoms with Gasteiger partial charge in [0.2, 0.25) is 0 Å². The zero-order valence-corrected chi connectivity index (χ0v) is 9.01. The molecule has 17 heavy (non-hydrogen) atoms. The molecule has 86 valence electrons. The minimum atomic E-state index is 0.0606. The first-order valence-corrected chi connectivity index (χ1v) is 5.02. The van der Waals surface area contributed by atoms with Crippen LogP contribution < -0.4 is 11.2 Å². The minimum absolute atomic E-state index is 0.0606. The summed E-state index contributed by atoms with van der Waals surface area (Å²) >= 11 is 0. The van der Waals surface area contributed by atoms with Crippen molar-refractivity contribution >= 4 is 22.8 Å². The van der Waals surface area contributed by atoms with Crippen LogP contribution in [0.4, 0.5) is 11.4 Å². The van der Waals surface area contributed by atoms with Gasteiger partial charge in [0, 0.05) is 5.69 Å². The van der Waals surface area contributed by atoms with Crippen LogP contribution in [0.2, 0.25) is 0 Å². The number of anilines is 2. The number of allylic oxidation sites excluding steroid dienone is 4. The number of phenolic OH excluding ortho intramolecular Hbond substituents is 1. The van der Waals surface area contributed by atoms with E-state index < -0.39 is 0 Å². The molecule has 0 saturated carbocycles. The summed E-state index contributed by atoms with van der Waals surface area (Å²) in [6, 6.07) is 4.66. The third kappa shape index (κ3) is 2.52. The number of nitrogens with zero attached hydrogens (tertiary/aromatic N) is 1. The maximum Gasteiger partial charge on any atom is 0.140 e. The van der Waals surface area contributed by atoms with Gasteiger partial charge in [-0.05, 0) is 30.4 Å². The Morgan fingerprint density at radius 2 is 2.00 bits per heavy atom. The van der Waals surface area contributed by atoms with Crippen LogP contribution in [0, 0.1) is 5.41 Å². The van der Waals surface area contributed by atoms with Crippen LogP contribution in [0.25, 0.3) is 0 Å². The SMILES string of the molecule is N=C1C=CC=C/C1=N/Nc1cc(N)ccc1O. The van der Waals surface area contributed by atoms with E-state index in [0.717, 1.165) is 0 Å². The zero-order chi connectivity index (χ0) is 12.3. The first-order valence-electron chi connectivity index (χ1n) is 5.02. The Balaban J connectivity index is 2.19. The molecule has 2 rings (SSSR count). The van der Waals surface area contributed by atoms with Crippen LogP contribution in [-0.2, 0) is 0 Å². The van der Waals surface area contributed by atoms with E-state index in [1.165, 1.54) is 6.07 Å². The van der Waals surface area contributed by atoms with E-state index in [9.17, 15) is 5.11 Å². The van der Waals surface area contributed by atoms with E-state index >= 15 is 0 Å². The van der Waals surface area contributed by atoms with Gasteiger partial charge in [0.15, 0.2) is 0 Å². The lowest BCUT2D eigenvalue weighted by Gasteiger charge is -2.07. The van der Waals surface area contributed by atoms with Gasteiger partial charge in [0.05, 0.1) is 11.4 Å². The quantitative estimate of drug-likeness (QED) is 0.205. The number of hydrogen-bond donors (Lipinski definition) is 4. The Labute approximate surface area is 98.5 Å². The fraction of sp³-hybridized carbons (Fsp3) is 0. The summed E-state index contributed by atoms with van der Waals surface area (Å²) in [7, 11) is 0. The summed E-state index contributed by atoms with van der Waals surface area (Å²) < 4.78 is 0. The average Bonchev–Trinajstić information content (AvgIpc) is 2.32. The van der Waals surface area contributed by atoms with Crippen LogP contribution in [0.1, 0.15) is 0 Å². The van der Waals surface area contributed by atoms with E-state index in [4.69, 9.17) is 11.1 Å². The van der Waals surface area contributed by atoms with Crippen molar-refractivity contribution in [3.05, 3.63) is 42.5 Å². The molecule has 5 nitrogen and oxygen atoms in total. The van der Waals surface area contributed by atoms with Crippen LogP contribution >= 0.6 is 0 Å². The molecule has 0 atom stereocenters. The van der Waals surface area contributed by atoms with E-state index in [1.54, 1.807) is 36.4 Å². The van der Waals surface area contributed by atoms with Gasteiger partial charge in [-0.3, -0.25) is 10.8 Å². The monoisotopic (exact) mass is 228 g/mol.